The normalized spacial score (nSPS) is 13.3. The standard InChI is InChI=1S/C43H26N4/c1-3-14-35-33(12-1)34-13-2-4-15-36(34)43(35,38-23-21-30-19-17-28-10-7-25-45-40(28)42(30)47-38)32-11-5-8-31(26-32)37-22-20-29-18-16-27-9-6-24-44-39(27)41(29)46-37/h1-26H. The number of benzene rings is 5. The van der Waals surface area contributed by atoms with E-state index in [-0.39, 0.29) is 0 Å². The van der Waals surface area contributed by atoms with Crippen LogP contribution in [0.3, 0.4) is 0 Å². The van der Waals surface area contributed by atoms with Gasteiger partial charge in [-0.1, -0.05) is 115 Å². The van der Waals surface area contributed by atoms with Crippen LogP contribution in [0.15, 0.2) is 158 Å². The average molecular weight is 599 g/mol. The van der Waals surface area contributed by atoms with Gasteiger partial charge in [-0.2, -0.15) is 0 Å². The minimum absolute atomic E-state index is 0.653. The number of pyridine rings is 4. The number of rotatable bonds is 3. The molecule has 4 aromatic heterocycles. The molecule has 0 atom stereocenters. The number of fused-ring (bicyclic) bond motifs is 9. The average Bonchev–Trinajstić information content (AvgIpc) is 3.45. The second kappa shape index (κ2) is 9.87. The minimum atomic E-state index is -0.653. The van der Waals surface area contributed by atoms with Crippen molar-refractivity contribution >= 4 is 43.6 Å². The zero-order valence-corrected chi connectivity index (χ0v) is 25.3. The smallest absolute Gasteiger partial charge is 0.0972 e. The molecule has 4 heterocycles. The van der Waals surface area contributed by atoms with Gasteiger partial charge in [0.1, 0.15) is 0 Å². The van der Waals surface area contributed by atoms with Crippen LogP contribution >= 0.6 is 0 Å². The third kappa shape index (κ3) is 3.70. The zero-order chi connectivity index (χ0) is 31.0. The molecule has 1 aliphatic rings. The predicted octanol–water partition coefficient (Wildman–Crippen LogP) is 9.91. The molecule has 1 aliphatic carbocycles. The van der Waals surface area contributed by atoms with Crippen molar-refractivity contribution in [1.29, 1.82) is 0 Å². The monoisotopic (exact) mass is 598 g/mol. The van der Waals surface area contributed by atoms with Gasteiger partial charge >= 0.3 is 0 Å². The Morgan fingerprint density at radius 2 is 0.957 bits per heavy atom. The highest BCUT2D eigenvalue weighted by Crippen LogP contribution is 2.56. The summed E-state index contributed by atoms with van der Waals surface area (Å²) in [7, 11) is 0. The highest BCUT2D eigenvalue weighted by Gasteiger charge is 2.47. The largest absolute Gasteiger partial charge is 0.254 e. The first-order valence-corrected chi connectivity index (χ1v) is 15.9. The molecule has 0 aliphatic heterocycles. The molecule has 4 nitrogen and oxygen atoms in total. The molecule has 10 rings (SSSR count). The van der Waals surface area contributed by atoms with Crippen LogP contribution in [0.25, 0.3) is 66.0 Å². The van der Waals surface area contributed by atoms with Crippen molar-refractivity contribution in [3.05, 3.63) is 180 Å². The molecule has 4 heteroatoms. The summed E-state index contributed by atoms with van der Waals surface area (Å²) < 4.78 is 0. The van der Waals surface area contributed by atoms with E-state index in [0.29, 0.717) is 0 Å². The summed E-state index contributed by atoms with van der Waals surface area (Å²) >= 11 is 0. The fourth-order valence-electron chi connectivity index (χ4n) is 7.70. The molecule has 218 valence electrons. The van der Waals surface area contributed by atoms with Crippen LogP contribution < -0.4 is 0 Å². The molecule has 0 spiro atoms. The van der Waals surface area contributed by atoms with Crippen molar-refractivity contribution in [3.63, 3.8) is 0 Å². The molecular weight excluding hydrogens is 573 g/mol. The van der Waals surface area contributed by atoms with Gasteiger partial charge in [0, 0.05) is 39.5 Å². The highest BCUT2D eigenvalue weighted by atomic mass is 14.8. The molecule has 0 amide bonds. The predicted molar refractivity (Wildman–Crippen MR) is 190 cm³/mol. The summed E-state index contributed by atoms with van der Waals surface area (Å²) in [6.07, 6.45) is 3.69. The number of aromatic nitrogens is 4. The van der Waals surface area contributed by atoms with E-state index in [0.717, 1.165) is 66.1 Å². The van der Waals surface area contributed by atoms with Crippen molar-refractivity contribution in [1.82, 2.24) is 19.9 Å². The molecule has 0 bridgehead atoms. The van der Waals surface area contributed by atoms with Crippen molar-refractivity contribution in [2.45, 2.75) is 5.41 Å². The van der Waals surface area contributed by atoms with E-state index in [9.17, 15) is 0 Å². The molecule has 9 aromatic rings. The molecule has 0 saturated heterocycles. The molecule has 0 saturated carbocycles. The van der Waals surface area contributed by atoms with Crippen LogP contribution in [0.1, 0.15) is 22.4 Å². The summed E-state index contributed by atoms with van der Waals surface area (Å²) in [6.45, 7) is 0. The fraction of sp³-hybridized carbons (Fsp3) is 0.0233. The molecule has 0 N–H and O–H groups in total. The Kier molecular flexibility index (Phi) is 5.46. The van der Waals surface area contributed by atoms with Gasteiger partial charge in [-0.3, -0.25) is 9.97 Å². The van der Waals surface area contributed by atoms with Gasteiger partial charge in [0.05, 0.1) is 38.9 Å². The van der Waals surface area contributed by atoms with E-state index < -0.39 is 5.41 Å². The van der Waals surface area contributed by atoms with Gasteiger partial charge < -0.3 is 0 Å². The zero-order valence-electron chi connectivity index (χ0n) is 25.3. The topological polar surface area (TPSA) is 51.6 Å². The third-order valence-corrected chi connectivity index (χ3v) is 9.79. The van der Waals surface area contributed by atoms with E-state index in [2.05, 4.69) is 133 Å². The summed E-state index contributed by atoms with van der Waals surface area (Å²) in [5.74, 6) is 0. The Balaban J connectivity index is 1.27. The summed E-state index contributed by atoms with van der Waals surface area (Å²) in [5, 5.41) is 4.32. The lowest BCUT2D eigenvalue weighted by Gasteiger charge is -2.33. The van der Waals surface area contributed by atoms with Crippen molar-refractivity contribution in [2.75, 3.05) is 0 Å². The maximum absolute atomic E-state index is 5.52. The summed E-state index contributed by atoms with van der Waals surface area (Å²) in [6, 6.07) is 51.7. The first kappa shape index (κ1) is 26.0. The van der Waals surface area contributed by atoms with Gasteiger partial charge in [-0.25, -0.2) is 9.97 Å². The van der Waals surface area contributed by atoms with Gasteiger partial charge in [0.25, 0.3) is 0 Å². The lowest BCUT2D eigenvalue weighted by atomic mass is 9.69. The Morgan fingerprint density at radius 1 is 0.404 bits per heavy atom. The van der Waals surface area contributed by atoms with Gasteiger partial charge in [-0.15, -0.1) is 0 Å². The van der Waals surface area contributed by atoms with E-state index in [1.807, 2.05) is 24.5 Å². The van der Waals surface area contributed by atoms with Crippen molar-refractivity contribution < 1.29 is 0 Å². The van der Waals surface area contributed by atoms with Gasteiger partial charge in [0.15, 0.2) is 0 Å². The van der Waals surface area contributed by atoms with Crippen LogP contribution in [0.5, 0.6) is 0 Å². The third-order valence-electron chi connectivity index (χ3n) is 9.79. The van der Waals surface area contributed by atoms with Crippen LogP contribution in [-0.4, -0.2) is 19.9 Å². The SMILES string of the molecule is c1cc(-c2ccc3ccc4cccnc4c3n2)cc(C2(c3ccc4ccc5cccnc5c4n3)c3ccccc3-c3ccccc32)c1. The highest BCUT2D eigenvalue weighted by molar-refractivity contribution is 6.04. The lowest BCUT2D eigenvalue weighted by molar-refractivity contribution is 0.740. The van der Waals surface area contributed by atoms with Gasteiger partial charge in [0.2, 0.25) is 0 Å². The van der Waals surface area contributed by atoms with Crippen LogP contribution in [0.4, 0.5) is 0 Å². The van der Waals surface area contributed by atoms with Gasteiger partial charge in [-0.05, 0) is 58.1 Å². The summed E-state index contributed by atoms with van der Waals surface area (Å²) in [5.41, 5.74) is 12.0. The maximum Gasteiger partial charge on any atom is 0.0972 e. The quantitative estimate of drug-likeness (QED) is 0.190. The van der Waals surface area contributed by atoms with Crippen LogP contribution in [-0.2, 0) is 5.41 Å². The number of hydrogen-bond acceptors (Lipinski definition) is 4. The molecule has 47 heavy (non-hydrogen) atoms. The second-order valence-corrected chi connectivity index (χ2v) is 12.2. The van der Waals surface area contributed by atoms with Crippen molar-refractivity contribution in [2.24, 2.45) is 0 Å². The molecule has 0 fully saturated rings. The van der Waals surface area contributed by atoms with E-state index in [4.69, 9.17) is 19.9 Å². The molecule has 0 unspecified atom stereocenters. The lowest BCUT2D eigenvalue weighted by Crippen LogP contribution is -2.30. The number of nitrogens with zero attached hydrogens (tertiary/aromatic N) is 4. The molecule has 0 radical (unpaired) electrons. The Bertz CT molecular complexity index is 2670. The Morgan fingerprint density at radius 3 is 1.62 bits per heavy atom. The minimum Gasteiger partial charge on any atom is -0.254 e. The molecular formula is C43H26N4. The van der Waals surface area contributed by atoms with E-state index in [1.165, 1.54) is 22.3 Å². The first-order chi connectivity index (χ1) is 23.3. The fourth-order valence-corrected chi connectivity index (χ4v) is 7.70. The second-order valence-electron chi connectivity index (χ2n) is 12.2. The first-order valence-electron chi connectivity index (χ1n) is 15.9. The van der Waals surface area contributed by atoms with E-state index >= 15 is 0 Å². The van der Waals surface area contributed by atoms with E-state index in [1.54, 1.807) is 0 Å². The maximum atomic E-state index is 5.52. The Labute approximate surface area is 271 Å². The summed E-state index contributed by atoms with van der Waals surface area (Å²) in [4.78, 5) is 20.2. The van der Waals surface area contributed by atoms with Crippen LogP contribution in [0, 0.1) is 0 Å². The number of hydrogen-bond donors (Lipinski definition) is 0. The Hall–Kier alpha value is -6.26. The molecule has 5 aromatic carbocycles. The van der Waals surface area contributed by atoms with Crippen LogP contribution in [0.2, 0.25) is 0 Å². The van der Waals surface area contributed by atoms with Crippen molar-refractivity contribution in [3.8, 4) is 22.4 Å².